The number of rotatable bonds is 6. The largest absolute Gasteiger partial charge is 0.497 e. The first-order valence-corrected chi connectivity index (χ1v) is 10.1. The van der Waals surface area contributed by atoms with E-state index in [1.807, 2.05) is 6.07 Å². The highest BCUT2D eigenvalue weighted by molar-refractivity contribution is 9.10. The van der Waals surface area contributed by atoms with Gasteiger partial charge in [0.1, 0.15) is 11.4 Å². The summed E-state index contributed by atoms with van der Waals surface area (Å²) >= 11 is 9.30. The van der Waals surface area contributed by atoms with Crippen molar-refractivity contribution in [2.45, 2.75) is 0 Å². The van der Waals surface area contributed by atoms with E-state index in [9.17, 15) is 9.59 Å². The van der Waals surface area contributed by atoms with Gasteiger partial charge in [-0.25, -0.2) is 0 Å². The zero-order valence-electron chi connectivity index (χ0n) is 16.0. The molecule has 0 bridgehead atoms. The van der Waals surface area contributed by atoms with Crippen LogP contribution in [0.25, 0.3) is 6.08 Å². The molecule has 152 valence electrons. The van der Waals surface area contributed by atoms with E-state index in [0.717, 1.165) is 0 Å². The van der Waals surface area contributed by atoms with Gasteiger partial charge >= 0.3 is 0 Å². The molecular formula is C23H18BrClN2O3. The second-order valence-electron chi connectivity index (χ2n) is 6.23. The molecule has 3 aromatic rings. The monoisotopic (exact) mass is 484 g/mol. The highest BCUT2D eigenvalue weighted by atomic mass is 79.9. The van der Waals surface area contributed by atoms with Crippen LogP contribution in [-0.4, -0.2) is 18.9 Å². The third-order valence-electron chi connectivity index (χ3n) is 4.14. The smallest absolute Gasteiger partial charge is 0.272 e. The summed E-state index contributed by atoms with van der Waals surface area (Å²) in [6.07, 6.45) is 1.59. The number of hydrogen-bond donors (Lipinski definition) is 2. The van der Waals surface area contributed by atoms with Crippen molar-refractivity contribution in [1.82, 2.24) is 5.32 Å². The average Bonchev–Trinajstić information content (AvgIpc) is 2.75. The Bertz CT molecular complexity index is 1080. The van der Waals surface area contributed by atoms with E-state index in [1.165, 1.54) is 0 Å². The van der Waals surface area contributed by atoms with E-state index >= 15 is 0 Å². The first kappa shape index (κ1) is 21.6. The number of halogens is 2. The lowest BCUT2D eigenvalue weighted by atomic mass is 10.1. The predicted octanol–water partition coefficient (Wildman–Crippen LogP) is 5.52. The molecule has 30 heavy (non-hydrogen) atoms. The van der Waals surface area contributed by atoms with Crippen LogP contribution in [0.1, 0.15) is 15.9 Å². The van der Waals surface area contributed by atoms with Gasteiger partial charge in [0, 0.05) is 15.2 Å². The van der Waals surface area contributed by atoms with Gasteiger partial charge in [0.25, 0.3) is 11.8 Å². The Kier molecular flexibility index (Phi) is 7.27. The molecule has 0 unspecified atom stereocenters. The number of benzene rings is 3. The van der Waals surface area contributed by atoms with E-state index < -0.39 is 11.8 Å². The molecule has 0 aliphatic carbocycles. The van der Waals surface area contributed by atoms with Crippen LogP contribution in [-0.2, 0) is 4.79 Å². The van der Waals surface area contributed by atoms with Crippen molar-refractivity contribution in [2.75, 3.05) is 12.4 Å². The molecule has 0 fully saturated rings. The molecule has 0 atom stereocenters. The normalized spacial score (nSPS) is 11.0. The van der Waals surface area contributed by atoms with E-state index in [1.54, 1.807) is 79.9 Å². The molecule has 0 spiro atoms. The van der Waals surface area contributed by atoms with Crippen molar-refractivity contribution in [2.24, 2.45) is 0 Å². The lowest BCUT2D eigenvalue weighted by Gasteiger charge is -2.12. The standard InChI is InChI=1S/C23H18BrClN2O3/c1-30-18-12-10-17(11-13-18)26-23(29)21(14-15-6-8-16(25)9-7-15)27-22(28)19-4-2-3-5-20(19)24/h2-14H,1H3,(H,26,29)(H,27,28)/b21-14-. The van der Waals surface area contributed by atoms with Gasteiger partial charge in [-0.2, -0.15) is 0 Å². The van der Waals surface area contributed by atoms with Gasteiger partial charge in [-0.15, -0.1) is 0 Å². The Morgan fingerprint density at radius 3 is 2.27 bits per heavy atom. The molecule has 0 radical (unpaired) electrons. The second kappa shape index (κ2) is 10.1. The number of methoxy groups -OCH3 is 1. The van der Waals surface area contributed by atoms with Crippen molar-refractivity contribution >= 4 is 51.1 Å². The summed E-state index contributed by atoms with van der Waals surface area (Å²) in [5.74, 6) is -0.199. The number of carbonyl (C=O) groups is 2. The van der Waals surface area contributed by atoms with E-state index in [-0.39, 0.29) is 5.70 Å². The Morgan fingerprint density at radius 1 is 0.967 bits per heavy atom. The number of anilines is 1. The predicted molar refractivity (Wildman–Crippen MR) is 123 cm³/mol. The number of nitrogens with one attached hydrogen (secondary N) is 2. The Labute approximate surface area is 187 Å². The van der Waals surface area contributed by atoms with Crippen molar-refractivity contribution in [3.8, 4) is 5.75 Å². The lowest BCUT2D eigenvalue weighted by Crippen LogP contribution is -2.31. The van der Waals surface area contributed by atoms with Crippen LogP contribution in [0.5, 0.6) is 5.75 Å². The van der Waals surface area contributed by atoms with Crippen molar-refractivity contribution in [3.63, 3.8) is 0 Å². The molecule has 3 aromatic carbocycles. The molecule has 3 rings (SSSR count). The molecule has 0 aliphatic heterocycles. The quantitative estimate of drug-likeness (QED) is 0.452. The highest BCUT2D eigenvalue weighted by Crippen LogP contribution is 2.19. The van der Waals surface area contributed by atoms with E-state index in [0.29, 0.717) is 32.1 Å². The molecular weight excluding hydrogens is 468 g/mol. The van der Waals surface area contributed by atoms with Gasteiger partial charge in [-0.05, 0) is 76.1 Å². The van der Waals surface area contributed by atoms with Crippen LogP contribution in [0.3, 0.4) is 0 Å². The van der Waals surface area contributed by atoms with Crippen LogP contribution in [0, 0.1) is 0 Å². The van der Waals surface area contributed by atoms with Gasteiger partial charge in [0.15, 0.2) is 0 Å². The fourth-order valence-electron chi connectivity index (χ4n) is 2.59. The zero-order valence-corrected chi connectivity index (χ0v) is 18.3. The minimum atomic E-state index is -0.462. The van der Waals surface area contributed by atoms with E-state index in [4.69, 9.17) is 16.3 Å². The number of amides is 2. The van der Waals surface area contributed by atoms with Crippen molar-refractivity contribution < 1.29 is 14.3 Å². The lowest BCUT2D eigenvalue weighted by molar-refractivity contribution is -0.113. The Balaban J connectivity index is 1.88. The first-order valence-electron chi connectivity index (χ1n) is 8.95. The molecule has 5 nitrogen and oxygen atoms in total. The summed E-state index contributed by atoms with van der Waals surface area (Å²) in [6.45, 7) is 0. The Hall–Kier alpha value is -3.09. The summed E-state index contributed by atoms with van der Waals surface area (Å²) < 4.78 is 5.76. The summed E-state index contributed by atoms with van der Waals surface area (Å²) in [5, 5.41) is 6.06. The maximum absolute atomic E-state index is 12.9. The SMILES string of the molecule is COc1ccc(NC(=O)/C(=C/c2ccc(Cl)cc2)NC(=O)c2ccccc2Br)cc1. The maximum atomic E-state index is 12.9. The minimum Gasteiger partial charge on any atom is -0.497 e. The third-order valence-corrected chi connectivity index (χ3v) is 5.08. The molecule has 0 heterocycles. The van der Waals surface area contributed by atoms with Crippen LogP contribution < -0.4 is 15.4 Å². The average molecular weight is 486 g/mol. The molecule has 0 aliphatic rings. The summed E-state index contributed by atoms with van der Waals surface area (Å²) in [4.78, 5) is 25.7. The van der Waals surface area contributed by atoms with Gasteiger partial charge in [-0.3, -0.25) is 9.59 Å². The van der Waals surface area contributed by atoms with Gasteiger partial charge < -0.3 is 15.4 Å². The summed E-state index contributed by atoms with van der Waals surface area (Å²) in [7, 11) is 1.57. The van der Waals surface area contributed by atoms with Gasteiger partial charge in [0.05, 0.1) is 12.7 Å². The fourth-order valence-corrected chi connectivity index (χ4v) is 3.18. The van der Waals surface area contributed by atoms with Crippen molar-refractivity contribution in [3.05, 3.63) is 99.1 Å². The molecule has 2 amide bonds. The van der Waals surface area contributed by atoms with Gasteiger partial charge in [0.2, 0.25) is 0 Å². The molecule has 0 saturated heterocycles. The second-order valence-corrected chi connectivity index (χ2v) is 7.52. The topological polar surface area (TPSA) is 67.4 Å². The Morgan fingerprint density at radius 2 is 1.63 bits per heavy atom. The van der Waals surface area contributed by atoms with Crippen LogP contribution in [0.15, 0.2) is 83.0 Å². The molecule has 2 N–H and O–H groups in total. The minimum absolute atomic E-state index is 0.0916. The van der Waals surface area contributed by atoms with Gasteiger partial charge in [-0.1, -0.05) is 35.9 Å². The van der Waals surface area contributed by atoms with Crippen LogP contribution in [0.2, 0.25) is 5.02 Å². The molecule has 0 aromatic heterocycles. The first-order chi connectivity index (χ1) is 14.5. The molecule has 0 saturated carbocycles. The highest BCUT2D eigenvalue weighted by Gasteiger charge is 2.16. The number of ether oxygens (including phenoxy) is 1. The van der Waals surface area contributed by atoms with Crippen molar-refractivity contribution in [1.29, 1.82) is 0 Å². The van der Waals surface area contributed by atoms with Crippen LogP contribution >= 0.6 is 27.5 Å². The summed E-state index contributed by atoms with van der Waals surface area (Å²) in [5.41, 5.74) is 1.79. The van der Waals surface area contributed by atoms with Crippen LogP contribution in [0.4, 0.5) is 5.69 Å². The molecule has 7 heteroatoms. The number of hydrogen-bond acceptors (Lipinski definition) is 3. The summed E-state index contributed by atoms with van der Waals surface area (Å²) in [6, 6.07) is 20.8. The van der Waals surface area contributed by atoms with E-state index in [2.05, 4.69) is 26.6 Å². The third kappa shape index (κ3) is 5.72. The number of carbonyl (C=O) groups excluding carboxylic acids is 2. The zero-order chi connectivity index (χ0) is 21.5. The maximum Gasteiger partial charge on any atom is 0.272 e. The fraction of sp³-hybridized carbons (Fsp3) is 0.0435.